The Morgan fingerprint density at radius 3 is 2.53 bits per heavy atom. The van der Waals surface area contributed by atoms with Crippen LogP contribution in [0.5, 0.6) is 0 Å². The Labute approximate surface area is 106 Å². The second kappa shape index (κ2) is 7.17. The van der Waals surface area contributed by atoms with Crippen LogP contribution in [-0.2, 0) is 9.09 Å². The number of nitrogens with one attached hydrogen (secondary N) is 1. The lowest BCUT2D eigenvalue weighted by atomic mass is 10.3. The lowest BCUT2D eigenvalue weighted by Crippen LogP contribution is -2.09. The minimum atomic E-state index is -2.82. The molecular formula is C8H18NO2PS3. The lowest BCUT2D eigenvalue weighted by Gasteiger charge is -2.20. The molecule has 3 nitrogen and oxygen atoms in total. The summed E-state index contributed by atoms with van der Waals surface area (Å²) in [6.45, 7) is 5.78. The maximum absolute atomic E-state index is 12.0. The number of thiocarbonyl (C=S) groups is 1. The smallest absolute Gasteiger partial charge is 0.306 e. The molecule has 0 amide bonds. The van der Waals surface area contributed by atoms with E-state index in [2.05, 4.69) is 38.1 Å². The molecule has 1 N–H and O–H groups in total. The molecule has 90 valence electrons. The third kappa shape index (κ3) is 8.57. The van der Waals surface area contributed by atoms with E-state index in [1.807, 2.05) is 6.92 Å². The number of hydrogen-bond donors (Lipinski definition) is 1. The zero-order valence-electron chi connectivity index (χ0n) is 9.48. The van der Waals surface area contributed by atoms with E-state index in [0.29, 0.717) is 6.61 Å². The minimum absolute atomic E-state index is 0.168. The van der Waals surface area contributed by atoms with Gasteiger partial charge in [-0.25, -0.2) is 0 Å². The molecule has 0 spiro atoms. The zero-order chi connectivity index (χ0) is 11.9. The molecule has 7 heteroatoms. The average molecular weight is 287 g/mol. The van der Waals surface area contributed by atoms with Gasteiger partial charge in [0.25, 0.3) is 0 Å². The first-order valence-electron chi connectivity index (χ1n) is 4.57. The van der Waals surface area contributed by atoms with Crippen LogP contribution in [-0.4, -0.2) is 21.9 Å². The summed E-state index contributed by atoms with van der Waals surface area (Å²) in [4.78, 5) is 0. The lowest BCUT2D eigenvalue weighted by molar-refractivity contribution is 0.343. The fourth-order valence-corrected chi connectivity index (χ4v) is 6.75. The van der Waals surface area contributed by atoms with Crippen LogP contribution in [0.25, 0.3) is 0 Å². The highest BCUT2D eigenvalue weighted by atomic mass is 32.7. The second-order valence-electron chi connectivity index (χ2n) is 3.67. The fraction of sp³-hybridized carbons (Fsp3) is 0.875. The molecule has 1 atom stereocenters. The highest BCUT2D eigenvalue weighted by Gasteiger charge is 2.23. The molecule has 0 aromatic heterocycles. The van der Waals surface area contributed by atoms with Crippen molar-refractivity contribution in [2.75, 3.05) is 11.7 Å². The van der Waals surface area contributed by atoms with E-state index in [1.165, 1.54) is 16.9 Å². The molecule has 0 fully saturated rings. The SMILES string of the molecule is CCOP(=O)(NC=S)SCSC(C)(C)C. The summed E-state index contributed by atoms with van der Waals surface area (Å²) < 4.78 is 17.4. The third-order valence-corrected chi connectivity index (χ3v) is 7.26. The van der Waals surface area contributed by atoms with Crippen molar-refractivity contribution in [1.82, 2.24) is 5.09 Å². The van der Waals surface area contributed by atoms with E-state index in [9.17, 15) is 4.57 Å². The monoisotopic (exact) mass is 287 g/mol. The van der Waals surface area contributed by atoms with Gasteiger partial charge in [0.05, 0.1) is 17.2 Å². The van der Waals surface area contributed by atoms with Gasteiger partial charge in [-0.15, -0.1) is 11.8 Å². The summed E-state index contributed by atoms with van der Waals surface area (Å²) in [6, 6.07) is 0. The van der Waals surface area contributed by atoms with Gasteiger partial charge in [0.1, 0.15) is 0 Å². The molecule has 15 heavy (non-hydrogen) atoms. The van der Waals surface area contributed by atoms with Crippen LogP contribution in [0.2, 0.25) is 0 Å². The highest BCUT2D eigenvalue weighted by Crippen LogP contribution is 2.57. The molecule has 0 aliphatic carbocycles. The molecule has 0 radical (unpaired) electrons. The predicted octanol–water partition coefficient (Wildman–Crippen LogP) is 3.90. The Bertz CT molecular complexity index is 243. The summed E-state index contributed by atoms with van der Waals surface area (Å²) in [5.74, 6) is 0. The largest absolute Gasteiger partial charge is 0.352 e. The van der Waals surface area contributed by atoms with E-state index in [1.54, 1.807) is 11.8 Å². The summed E-state index contributed by atoms with van der Waals surface area (Å²) in [5, 5.41) is 3.34. The van der Waals surface area contributed by atoms with Crippen molar-refractivity contribution in [3.63, 3.8) is 0 Å². The van der Waals surface area contributed by atoms with Crippen molar-refractivity contribution < 1.29 is 9.09 Å². The molecule has 0 saturated carbocycles. The van der Waals surface area contributed by atoms with Crippen LogP contribution in [0.1, 0.15) is 27.7 Å². The number of rotatable bonds is 7. The van der Waals surface area contributed by atoms with Crippen molar-refractivity contribution in [2.24, 2.45) is 0 Å². The van der Waals surface area contributed by atoms with Crippen molar-refractivity contribution in [1.29, 1.82) is 0 Å². The van der Waals surface area contributed by atoms with Gasteiger partial charge in [-0.1, -0.05) is 33.0 Å². The summed E-state index contributed by atoms with van der Waals surface area (Å²) in [5.41, 5.74) is 1.26. The predicted molar refractivity (Wildman–Crippen MR) is 75.8 cm³/mol. The van der Waals surface area contributed by atoms with Gasteiger partial charge in [-0.05, 0) is 18.3 Å². The van der Waals surface area contributed by atoms with E-state index in [-0.39, 0.29) is 4.75 Å². The summed E-state index contributed by atoms with van der Waals surface area (Å²) >= 11 is 7.65. The molecule has 0 aromatic carbocycles. The first kappa shape index (κ1) is 15.8. The molecule has 0 rings (SSSR count). The Balaban J connectivity index is 4.07. The van der Waals surface area contributed by atoms with Crippen LogP contribution < -0.4 is 5.09 Å². The van der Waals surface area contributed by atoms with Crippen LogP contribution in [0.4, 0.5) is 0 Å². The van der Waals surface area contributed by atoms with E-state index in [0.717, 1.165) is 5.08 Å². The fourth-order valence-electron chi connectivity index (χ4n) is 0.619. The van der Waals surface area contributed by atoms with Crippen LogP contribution >= 0.6 is 42.1 Å². The molecular weight excluding hydrogens is 269 g/mol. The maximum Gasteiger partial charge on any atom is 0.352 e. The quantitative estimate of drug-likeness (QED) is 0.435. The topological polar surface area (TPSA) is 38.3 Å². The van der Waals surface area contributed by atoms with E-state index >= 15 is 0 Å². The van der Waals surface area contributed by atoms with Crippen molar-refractivity contribution in [3.05, 3.63) is 0 Å². The van der Waals surface area contributed by atoms with E-state index in [4.69, 9.17) is 4.52 Å². The Hall–Kier alpha value is 0.780. The standard InChI is InChI=1S/C8H18NO2PS3/c1-5-11-12(10,9-6-13)15-7-14-8(2,3)4/h6H,5,7H2,1-4H3,(H,9,10,13). The van der Waals surface area contributed by atoms with Gasteiger partial charge in [-0.3, -0.25) is 4.57 Å². The molecule has 0 aliphatic heterocycles. The molecule has 1 unspecified atom stereocenters. The normalized spacial score (nSPS) is 15.7. The van der Waals surface area contributed by atoms with Crippen molar-refractivity contribution in [3.8, 4) is 0 Å². The Morgan fingerprint density at radius 2 is 2.13 bits per heavy atom. The van der Waals surface area contributed by atoms with Crippen LogP contribution in [0, 0.1) is 0 Å². The van der Waals surface area contributed by atoms with Gasteiger partial charge in [0, 0.05) is 4.75 Å². The molecule has 0 aliphatic rings. The van der Waals surface area contributed by atoms with Gasteiger partial charge >= 0.3 is 6.72 Å². The Kier molecular flexibility index (Phi) is 7.55. The van der Waals surface area contributed by atoms with E-state index < -0.39 is 6.72 Å². The average Bonchev–Trinajstić information content (AvgIpc) is 2.01. The number of thioether (sulfide) groups is 1. The minimum Gasteiger partial charge on any atom is -0.306 e. The number of hydrogen-bond acceptors (Lipinski definition) is 5. The first-order valence-corrected chi connectivity index (χ1v) is 9.25. The maximum atomic E-state index is 12.0. The van der Waals surface area contributed by atoms with Gasteiger partial charge in [-0.2, -0.15) is 0 Å². The third-order valence-electron chi connectivity index (χ3n) is 1.22. The van der Waals surface area contributed by atoms with Crippen molar-refractivity contribution in [2.45, 2.75) is 32.4 Å². The zero-order valence-corrected chi connectivity index (χ0v) is 12.8. The Morgan fingerprint density at radius 1 is 1.53 bits per heavy atom. The van der Waals surface area contributed by atoms with Gasteiger partial charge < -0.3 is 9.61 Å². The summed E-state index contributed by atoms with van der Waals surface area (Å²) in [6.07, 6.45) is 0. The molecule has 0 aromatic rings. The van der Waals surface area contributed by atoms with Gasteiger partial charge in [0.2, 0.25) is 0 Å². The van der Waals surface area contributed by atoms with Gasteiger partial charge in [0.15, 0.2) is 0 Å². The van der Waals surface area contributed by atoms with Crippen molar-refractivity contribution >= 4 is 47.6 Å². The second-order valence-corrected chi connectivity index (χ2v) is 10.3. The van der Waals surface area contributed by atoms with Crippen LogP contribution in [0.15, 0.2) is 0 Å². The van der Waals surface area contributed by atoms with Crippen LogP contribution in [0.3, 0.4) is 0 Å². The highest BCUT2D eigenvalue weighted by molar-refractivity contribution is 8.58. The molecule has 0 bridgehead atoms. The molecule has 0 heterocycles. The molecule has 0 saturated heterocycles. The summed E-state index contributed by atoms with van der Waals surface area (Å²) in [7, 11) is 0. The first-order chi connectivity index (χ1) is 6.83.